The molecule has 0 heterocycles. The number of ether oxygens (including phenoxy) is 1. The van der Waals surface area contributed by atoms with Crippen molar-refractivity contribution in [2.24, 2.45) is 0 Å². The molecule has 0 saturated carbocycles. The maximum atomic E-state index is 10.8. The van der Waals surface area contributed by atoms with Crippen molar-refractivity contribution in [1.82, 2.24) is 0 Å². The fraction of sp³-hybridized carbons (Fsp3) is 0.833. The third kappa shape index (κ3) is 19.5. The van der Waals surface area contributed by atoms with E-state index < -0.39 is 0 Å². The summed E-state index contributed by atoms with van der Waals surface area (Å²) in [6.45, 7) is 8.12. The summed E-state index contributed by atoms with van der Waals surface area (Å²) in [7, 11) is 0. The molecule has 0 spiro atoms. The molecule has 0 aliphatic carbocycles. The van der Waals surface area contributed by atoms with Crippen molar-refractivity contribution >= 4 is 5.97 Å². The number of esters is 1. The average molecular weight is 334 g/mol. The fourth-order valence-corrected chi connectivity index (χ4v) is 2.40. The van der Waals surface area contributed by atoms with Crippen LogP contribution < -0.4 is 17.7 Å². The minimum Gasteiger partial charge on any atom is -1.00 e. The second-order valence-electron chi connectivity index (χ2n) is 5.77. The summed E-state index contributed by atoms with van der Waals surface area (Å²) in [5.41, 5.74) is 0. The minimum atomic E-state index is -0.321. The smallest absolute Gasteiger partial charge is 0.330 e. The first-order chi connectivity index (χ1) is 10.3. The van der Waals surface area contributed by atoms with Gasteiger partial charge in [-0.3, -0.25) is 0 Å². The lowest BCUT2D eigenvalue weighted by atomic mass is 10.1. The van der Waals surface area contributed by atoms with Crippen LogP contribution in [0.1, 0.15) is 77.6 Å². The minimum absolute atomic E-state index is 0. The maximum absolute atomic E-state index is 10.8. The topological polar surface area (TPSA) is 42.9 Å². The van der Waals surface area contributed by atoms with Gasteiger partial charge >= 0.3 is 5.97 Å². The highest BCUT2D eigenvalue weighted by Gasteiger charge is 1.97. The number of carbonyl (C=O) groups is 1. The van der Waals surface area contributed by atoms with Gasteiger partial charge in [-0.25, -0.2) is 4.79 Å². The molecule has 0 radical (unpaired) electrons. The molecule has 22 heavy (non-hydrogen) atoms. The van der Waals surface area contributed by atoms with E-state index in [9.17, 15) is 4.79 Å². The predicted octanol–water partition coefficient (Wildman–Crippen LogP) is 0.594. The van der Waals surface area contributed by atoms with E-state index in [-0.39, 0.29) is 18.4 Å². The van der Waals surface area contributed by atoms with Crippen LogP contribution in [0.3, 0.4) is 0 Å². The highest BCUT2D eigenvalue weighted by atomic mass is 35.5. The van der Waals surface area contributed by atoms with Crippen molar-refractivity contribution in [2.45, 2.75) is 77.6 Å². The monoisotopic (exact) mass is 333 g/mol. The van der Waals surface area contributed by atoms with Crippen LogP contribution in [0.25, 0.3) is 0 Å². The van der Waals surface area contributed by atoms with Crippen LogP contribution in [0.15, 0.2) is 12.7 Å². The first-order valence-corrected chi connectivity index (χ1v) is 8.92. The molecule has 0 aromatic heterocycles. The summed E-state index contributed by atoms with van der Waals surface area (Å²) < 4.78 is 4.91. The van der Waals surface area contributed by atoms with Gasteiger partial charge in [-0.1, -0.05) is 71.3 Å². The summed E-state index contributed by atoms with van der Waals surface area (Å²) >= 11 is 0. The van der Waals surface area contributed by atoms with Crippen molar-refractivity contribution in [3.8, 4) is 0 Å². The van der Waals surface area contributed by atoms with E-state index in [0.29, 0.717) is 6.61 Å². The van der Waals surface area contributed by atoms with Crippen LogP contribution in [0, 0.1) is 0 Å². The molecule has 0 fully saturated rings. The molecule has 0 saturated heterocycles. The van der Waals surface area contributed by atoms with Crippen LogP contribution in [0.5, 0.6) is 0 Å². The zero-order chi connectivity index (χ0) is 15.6. The fourth-order valence-electron chi connectivity index (χ4n) is 2.40. The number of quaternary nitrogens is 1. The number of unbranched alkanes of at least 4 members (excludes halogenated alkanes) is 10. The molecule has 0 bridgehead atoms. The molecule has 0 aliphatic rings. The Morgan fingerprint density at radius 1 is 0.909 bits per heavy atom. The Balaban J connectivity index is 0. The lowest BCUT2D eigenvalue weighted by Gasteiger charge is -2.03. The number of carbonyl (C=O) groups excluding carboxylic acids is 1. The van der Waals surface area contributed by atoms with Crippen LogP contribution in [0.2, 0.25) is 0 Å². The third-order valence-corrected chi connectivity index (χ3v) is 3.74. The first kappa shape index (κ1) is 23.7. The molecule has 4 heteroatoms. The molecule has 132 valence electrons. The van der Waals surface area contributed by atoms with Gasteiger partial charge in [-0.15, -0.1) is 0 Å². The van der Waals surface area contributed by atoms with Gasteiger partial charge in [0.1, 0.15) is 13.2 Å². The number of halogens is 1. The summed E-state index contributed by atoms with van der Waals surface area (Å²) in [4.78, 5) is 10.8. The highest BCUT2D eigenvalue weighted by Crippen LogP contribution is 2.10. The van der Waals surface area contributed by atoms with Crippen LogP contribution in [-0.2, 0) is 9.53 Å². The van der Waals surface area contributed by atoms with E-state index in [2.05, 4.69) is 18.8 Å². The standard InChI is InChI=1S/C18H35NO2.ClH/c1-3-5-6-7-8-9-10-11-12-13-14-15-19-16-17-21-18(20)4-2;/h4,19H,2-3,5-17H2,1H3;1H. The molecule has 3 nitrogen and oxygen atoms in total. The van der Waals surface area contributed by atoms with Crippen LogP contribution >= 0.6 is 0 Å². The largest absolute Gasteiger partial charge is 1.00 e. The van der Waals surface area contributed by atoms with E-state index in [0.717, 1.165) is 13.1 Å². The van der Waals surface area contributed by atoms with E-state index in [1.165, 1.54) is 76.7 Å². The lowest BCUT2D eigenvalue weighted by molar-refractivity contribution is -0.656. The van der Waals surface area contributed by atoms with Gasteiger partial charge in [0.25, 0.3) is 0 Å². The molecule has 0 aromatic carbocycles. The molecule has 0 amide bonds. The van der Waals surface area contributed by atoms with Crippen molar-refractivity contribution in [3.05, 3.63) is 12.7 Å². The number of hydrogen-bond acceptors (Lipinski definition) is 2. The van der Waals surface area contributed by atoms with Gasteiger partial charge in [-0.2, -0.15) is 0 Å². The maximum Gasteiger partial charge on any atom is 0.330 e. The quantitative estimate of drug-likeness (QED) is 0.255. The Morgan fingerprint density at radius 2 is 1.41 bits per heavy atom. The van der Waals surface area contributed by atoms with Crippen LogP contribution in [-0.4, -0.2) is 25.7 Å². The summed E-state index contributed by atoms with van der Waals surface area (Å²) in [6, 6.07) is 0. The molecule has 2 N–H and O–H groups in total. The van der Waals surface area contributed by atoms with Gasteiger partial charge in [0.05, 0.1) is 6.54 Å². The predicted molar refractivity (Wildman–Crippen MR) is 89.3 cm³/mol. The summed E-state index contributed by atoms with van der Waals surface area (Å²) in [6.07, 6.45) is 16.4. The van der Waals surface area contributed by atoms with Crippen molar-refractivity contribution < 1.29 is 27.3 Å². The van der Waals surface area contributed by atoms with E-state index in [1.54, 1.807) is 0 Å². The molecule has 0 aliphatic heterocycles. The molecule has 0 aromatic rings. The lowest BCUT2D eigenvalue weighted by Crippen LogP contribution is -3.00. The SMILES string of the molecule is C=CC(=O)OCC[NH2+]CCCCCCCCCCCCC.[Cl-]. The van der Waals surface area contributed by atoms with Crippen LogP contribution in [0.4, 0.5) is 0 Å². The zero-order valence-electron chi connectivity index (χ0n) is 14.5. The Hall–Kier alpha value is -0.540. The second-order valence-corrected chi connectivity index (χ2v) is 5.77. The van der Waals surface area contributed by atoms with Crippen molar-refractivity contribution in [2.75, 3.05) is 19.7 Å². The number of rotatable bonds is 16. The average Bonchev–Trinajstić information content (AvgIpc) is 2.50. The van der Waals surface area contributed by atoms with Gasteiger partial charge in [-0.05, 0) is 12.8 Å². The highest BCUT2D eigenvalue weighted by molar-refractivity contribution is 5.81. The second kappa shape index (κ2) is 20.5. The van der Waals surface area contributed by atoms with Crippen molar-refractivity contribution in [3.63, 3.8) is 0 Å². The van der Waals surface area contributed by atoms with Gasteiger partial charge < -0.3 is 22.5 Å². The number of hydrogen-bond donors (Lipinski definition) is 1. The van der Waals surface area contributed by atoms with Crippen molar-refractivity contribution in [1.29, 1.82) is 0 Å². The normalized spacial score (nSPS) is 10.0. The Bertz CT molecular complexity index is 247. The van der Waals surface area contributed by atoms with E-state index in [1.807, 2.05) is 0 Å². The van der Waals surface area contributed by atoms with Gasteiger partial charge in [0.2, 0.25) is 0 Å². The zero-order valence-corrected chi connectivity index (χ0v) is 15.2. The Labute approximate surface area is 143 Å². The van der Waals surface area contributed by atoms with E-state index >= 15 is 0 Å². The Morgan fingerprint density at radius 3 is 1.91 bits per heavy atom. The Kier molecular flexibility index (Phi) is 22.1. The summed E-state index contributed by atoms with van der Waals surface area (Å²) in [5, 5.41) is 2.23. The van der Waals surface area contributed by atoms with Gasteiger partial charge in [0, 0.05) is 6.08 Å². The van der Waals surface area contributed by atoms with E-state index in [4.69, 9.17) is 4.74 Å². The first-order valence-electron chi connectivity index (χ1n) is 8.92. The summed E-state index contributed by atoms with van der Waals surface area (Å²) in [5.74, 6) is -0.321. The molecule has 0 rings (SSSR count). The number of nitrogens with two attached hydrogens (primary N) is 1. The molecular weight excluding hydrogens is 298 g/mol. The molecule has 0 atom stereocenters. The van der Waals surface area contributed by atoms with Gasteiger partial charge in [0.15, 0.2) is 0 Å². The molecule has 0 unspecified atom stereocenters. The molecular formula is C18H36ClNO2. The third-order valence-electron chi connectivity index (χ3n) is 3.74.